The predicted octanol–water partition coefficient (Wildman–Crippen LogP) is 7.88. The summed E-state index contributed by atoms with van der Waals surface area (Å²) >= 11 is 5.87. The maximum absolute atomic E-state index is 14.6. The normalized spacial score (nSPS) is 11.6. The third-order valence-corrected chi connectivity index (χ3v) is 6.59. The van der Waals surface area contributed by atoms with E-state index in [1.165, 1.54) is 28.9 Å². The van der Waals surface area contributed by atoms with Crippen molar-refractivity contribution in [3.05, 3.63) is 118 Å². The van der Waals surface area contributed by atoms with Gasteiger partial charge in [0.2, 0.25) is 0 Å². The summed E-state index contributed by atoms with van der Waals surface area (Å²) in [6.07, 6.45) is -4.19. The van der Waals surface area contributed by atoms with Gasteiger partial charge in [0.15, 0.2) is 0 Å². The van der Waals surface area contributed by atoms with Crippen molar-refractivity contribution in [2.24, 2.45) is 0 Å². The van der Waals surface area contributed by atoms with Crippen LogP contribution < -0.4 is 4.74 Å². The molecule has 10 heteroatoms. The van der Waals surface area contributed by atoms with Crippen LogP contribution in [-0.2, 0) is 19.1 Å². The second-order valence-electron chi connectivity index (χ2n) is 9.07. The first-order valence-electron chi connectivity index (χ1n) is 12.2. The molecule has 0 fully saturated rings. The van der Waals surface area contributed by atoms with E-state index in [4.69, 9.17) is 16.3 Å². The lowest BCUT2D eigenvalue weighted by atomic mass is 10.0. The molecule has 1 N–H and O–H groups in total. The Balaban J connectivity index is 1.50. The largest absolute Gasteiger partial charge is 0.493 e. The van der Waals surface area contributed by atoms with Gasteiger partial charge in [-0.25, -0.2) is 9.18 Å². The van der Waals surface area contributed by atoms with Crippen LogP contribution in [0.1, 0.15) is 27.0 Å². The number of aromatic nitrogens is 2. The molecule has 5 nitrogen and oxygen atoms in total. The number of hydrogen-bond donors (Lipinski definition) is 1. The molecule has 0 radical (unpaired) electrons. The molecule has 0 unspecified atom stereocenters. The topological polar surface area (TPSA) is 64.3 Å². The van der Waals surface area contributed by atoms with Crippen molar-refractivity contribution in [3.63, 3.8) is 0 Å². The lowest BCUT2D eigenvalue weighted by molar-refractivity contribution is -0.136. The van der Waals surface area contributed by atoms with Crippen molar-refractivity contribution in [2.45, 2.75) is 19.1 Å². The molecule has 204 valence electrons. The van der Waals surface area contributed by atoms with E-state index in [0.29, 0.717) is 23.4 Å². The first-order chi connectivity index (χ1) is 19.1. The van der Waals surface area contributed by atoms with Gasteiger partial charge in [0.1, 0.15) is 17.1 Å². The summed E-state index contributed by atoms with van der Waals surface area (Å²) in [6.45, 7) is 0.107. The average Bonchev–Trinajstić information content (AvgIpc) is 3.28. The van der Waals surface area contributed by atoms with Crippen LogP contribution in [0.3, 0.4) is 0 Å². The van der Waals surface area contributed by atoms with Crippen LogP contribution in [0.15, 0.2) is 84.9 Å². The second-order valence-corrected chi connectivity index (χ2v) is 9.51. The van der Waals surface area contributed by atoms with Gasteiger partial charge >= 0.3 is 12.1 Å². The quantitative estimate of drug-likeness (QED) is 0.193. The van der Waals surface area contributed by atoms with Crippen molar-refractivity contribution in [1.29, 1.82) is 0 Å². The van der Waals surface area contributed by atoms with Gasteiger partial charge in [-0.05, 0) is 48.0 Å². The summed E-state index contributed by atoms with van der Waals surface area (Å²) in [7, 11) is 0. The number of carboxylic acids is 1. The molecule has 40 heavy (non-hydrogen) atoms. The van der Waals surface area contributed by atoms with Crippen LogP contribution in [0.2, 0.25) is 5.02 Å². The minimum atomic E-state index is -4.63. The molecular formula is C30H21ClF4N2O3. The van der Waals surface area contributed by atoms with Gasteiger partial charge in [-0.15, -0.1) is 0 Å². The van der Waals surface area contributed by atoms with Crippen molar-refractivity contribution in [1.82, 2.24) is 9.78 Å². The Labute approximate surface area is 231 Å². The number of benzene rings is 4. The smallest absolute Gasteiger partial charge is 0.418 e. The molecule has 5 rings (SSSR count). The van der Waals surface area contributed by atoms with Crippen molar-refractivity contribution >= 4 is 28.5 Å². The molecule has 1 heterocycles. The van der Waals surface area contributed by atoms with E-state index in [2.05, 4.69) is 5.10 Å². The molecule has 5 aromatic rings. The zero-order valence-corrected chi connectivity index (χ0v) is 21.5. The summed E-state index contributed by atoms with van der Waals surface area (Å²) in [5, 5.41) is 13.9. The second kappa shape index (κ2) is 11.0. The first-order valence-corrected chi connectivity index (χ1v) is 12.5. The number of alkyl halides is 3. The van der Waals surface area contributed by atoms with E-state index in [-0.39, 0.29) is 40.2 Å². The summed E-state index contributed by atoms with van der Waals surface area (Å²) in [4.78, 5) is 11.2. The first kappa shape index (κ1) is 27.2. The number of carboxylic acid groups (broad SMARTS) is 1. The van der Waals surface area contributed by atoms with Crippen molar-refractivity contribution < 1.29 is 32.2 Å². The number of fused-ring (bicyclic) bond motifs is 1. The van der Waals surface area contributed by atoms with Gasteiger partial charge in [-0.3, -0.25) is 4.68 Å². The van der Waals surface area contributed by atoms with E-state index in [0.717, 1.165) is 17.7 Å². The number of hydrogen-bond acceptors (Lipinski definition) is 3. The Morgan fingerprint density at radius 2 is 1.75 bits per heavy atom. The highest BCUT2D eigenvalue weighted by molar-refractivity contribution is 6.30. The molecule has 0 aliphatic heterocycles. The molecule has 0 aliphatic carbocycles. The molecule has 0 amide bonds. The number of halogens is 5. The monoisotopic (exact) mass is 568 g/mol. The maximum Gasteiger partial charge on any atom is 0.418 e. The Morgan fingerprint density at radius 1 is 0.975 bits per heavy atom. The van der Waals surface area contributed by atoms with Gasteiger partial charge in [-0.1, -0.05) is 54.1 Å². The Kier molecular flexibility index (Phi) is 7.49. The van der Waals surface area contributed by atoms with E-state index >= 15 is 0 Å². The number of ether oxygens (including phenoxy) is 1. The molecule has 0 saturated heterocycles. The molecule has 4 aromatic carbocycles. The van der Waals surface area contributed by atoms with E-state index in [1.807, 2.05) is 0 Å². The molecule has 0 saturated carbocycles. The number of aromatic carboxylic acids is 1. The Hall–Kier alpha value is -4.37. The van der Waals surface area contributed by atoms with Gasteiger partial charge in [-0.2, -0.15) is 18.3 Å². The summed E-state index contributed by atoms with van der Waals surface area (Å²) in [5.74, 6) is -1.16. The van der Waals surface area contributed by atoms with E-state index in [1.54, 1.807) is 48.5 Å². The summed E-state index contributed by atoms with van der Waals surface area (Å²) in [6, 6.07) is 21.3. The summed E-state index contributed by atoms with van der Waals surface area (Å²) in [5.41, 5.74) is 0.931. The highest BCUT2D eigenvalue weighted by atomic mass is 35.5. The molecule has 0 spiro atoms. The van der Waals surface area contributed by atoms with Gasteiger partial charge in [0.25, 0.3) is 0 Å². The molecule has 0 bridgehead atoms. The van der Waals surface area contributed by atoms with Crippen LogP contribution >= 0.6 is 11.6 Å². The third kappa shape index (κ3) is 5.79. The highest BCUT2D eigenvalue weighted by Crippen LogP contribution is 2.39. The van der Waals surface area contributed by atoms with Crippen LogP contribution in [0.5, 0.6) is 5.75 Å². The SMILES string of the molecule is O=C(O)c1cccc(CCOc2cccc(-c3c4cccc(C(F)(F)F)c4nn3Cc3ccc(Cl)cc3F)c2)c1. The third-order valence-electron chi connectivity index (χ3n) is 6.35. The fraction of sp³-hybridized carbons (Fsp3) is 0.133. The number of carbonyl (C=O) groups is 1. The highest BCUT2D eigenvalue weighted by Gasteiger charge is 2.34. The predicted molar refractivity (Wildman–Crippen MR) is 143 cm³/mol. The fourth-order valence-electron chi connectivity index (χ4n) is 4.49. The van der Waals surface area contributed by atoms with E-state index < -0.39 is 23.5 Å². The van der Waals surface area contributed by atoms with Crippen LogP contribution in [-0.4, -0.2) is 27.5 Å². The standard InChI is InChI=1S/C30H21ClF4N2O3/c31-22-11-10-21(26(32)16-22)17-37-28(24-8-3-9-25(27(24)36-37)30(33,34)35)19-5-2-7-23(15-19)40-13-12-18-4-1-6-20(14-18)29(38)39/h1-11,14-16H,12-13,17H2,(H,38,39). The van der Waals surface area contributed by atoms with Crippen molar-refractivity contribution in [2.75, 3.05) is 6.61 Å². The van der Waals surface area contributed by atoms with Crippen LogP contribution in [0.4, 0.5) is 17.6 Å². The molecule has 1 aromatic heterocycles. The number of rotatable bonds is 8. The van der Waals surface area contributed by atoms with Gasteiger partial charge in [0.05, 0.1) is 30.0 Å². The number of nitrogens with zero attached hydrogens (tertiary/aromatic N) is 2. The fourth-order valence-corrected chi connectivity index (χ4v) is 4.65. The Bertz CT molecular complexity index is 1720. The Morgan fingerprint density at radius 3 is 2.50 bits per heavy atom. The lowest BCUT2D eigenvalue weighted by Gasteiger charge is -2.12. The zero-order valence-electron chi connectivity index (χ0n) is 20.8. The maximum atomic E-state index is 14.6. The average molecular weight is 569 g/mol. The zero-order chi connectivity index (χ0) is 28.4. The van der Waals surface area contributed by atoms with Crippen LogP contribution in [0, 0.1) is 5.82 Å². The minimum absolute atomic E-state index is 0.130. The lowest BCUT2D eigenvalue weighted by Crippen LogP contribution is -2.07. The van der Waals surface area contributed by atoms with Gasteiger partial charge < -0.3 is 9.84 Å². The van der Waals surface area contributed by atoms with E-state index in [9.17, 15) is 27.5 Å². The molecule has 0 aliphatic rings. The molecule has 0 atom stereocenters. The van der Waals surface area contributed by atoms with Crippen molar-refractivity contribution in [3.8, 4) is 17.0 Å². The summed E-state index contributed by atoms with van der Waals surface area (Å²) < 4.78 is 63.4. The molecular weight excluding hydrogens is 548 g/mol. The van der Waals surface area contributed by atoms with Crippen LogP contribution in [0.25, 0.3) is 22.2 Å². The minimum Gasteiger partial charge on any atom is -0.493 e. The van der Waals surface area contributed by atoms with Gasteiger partial charge in [0, 0.05) is 28.0 Å².